The molecular formula is C18H19N3O3. The molecule has 0 fully saturated rings. The maximum absolute atomic E-state index is 10.8. The van der Waals surface area contributed by atoms with Crippen molar-refractivity contribution in [2.75, 3.05) is 19.2 Å². The number of benzene rings is 1. The molecule has 0 aliphatic carbocycles. The van der Waals surface area contributed by atoms with E-state index in [9.17, 15) is 4.79 Å². The first-order chi connectivity index (χ1) is 11.7. The van der Waals surface area contributed by atoms with Crippen molar-refractivity contribution >= 4 is 24.4 Å². The van der Waals surface area contributed by atoms with Gasteiger partial charge in [-0.3, -0.25) is 0 Å². The van der Waals surface area contributed by atoms with Crippen LogP contribution in [0.15, 0.2) is 53.8 Å². The molecule has 6 heteroatoms. The molecule has 0 saturated carbocycles. The van der Waals surface area contributed by atoms with E-state index in [1.807, 2.05) is 30.3 Å². The number of methoxy groups -OCH3 is 2. The number of hydrogen-bond donors (Lipinski definition) is 0. The molecule has 0 N–H and O–H groups in total. The highest BCUT2D eigenvalue weighted by atomic mass is 16.5. The Balaban J connectivity index is 2.42. The summed E-state index contributed by atoms with van der Waals surface area (Å²) in [5.74, 6) is 1.25. The van der Waals surface area contributed by atoms with E-state index in [1.54, 1.807) is 37.6 Å². The van der Waals surface area contributed by atoms with Gasteiger partial charge in [-0.1, -0.05) is 6.08 Å². The fourth-order valence-corrected chi connectivity index (χ4v) is 2.16. The molecule has 2 rings (SSSR count). The van der Waals surface area contributed by atoms with Gasteiger partial charge in [-0.05, 0) is 30.3 Å². The van der Waals surface area contributed by atoms with Crippen LogP contribution in [0, 0.1) is 0 Å². The summed E-state index contributed by atoms with van der Waals surface area (Å²) in [7, 11) is 3.16. The third kappa shape index (κ3) is 3.98. The van der Waals surface area contributed by atoms with Crippen molar-refractivity contribution in [3.05, 3.63) is 54.2 Å². The van der Waals surface area contributed by atoms with Gasteiger partial charge in [-0.25, -0.2) is 9.99 Å². The van der Waals surface area contributed by atoms with Crippen molar-refractivity contribution in [1.82, 2.24) is 4.98 Å². The number of hydrazone groups is 1. The number of hydrogen-bond acceptors (Lipinski definition) is 6. The highest BCUT2D eigenvalue weighted by Crippen LogP contribution is 2.28. The smallest absolute Gasteiger partial charge is 0.213 e. The van der Waals surface area contributed by atoms with Crippen LogP contribution in [0.1, 0.15) is 12.0 Å². The fraction of sp³-hybridized carbons (Fsp3) is 0.167. The largest absolute Gasteiger partial charge is 0.497 e. The third-order valence-corrected chi connectivity index (χ3v) is 3.34. The van der Waals surface area contributed by atoms with Crippen molar-refractivity contribution in [1.29, 1.82) is 0 Å². The molecule has 1 heterocycles. The van der Waals surface area contributed by atoms with Gasteiger partial charge in [0.1, 0.15) is 12.0 Å². The quantitative estimate of drug-likeness (QED) is 0.424. The average Bonchev–Trinajstić information content (AvgIpc) is 2.65. The van der Waals surface area contributed by atoms with Crippen molar-refractivity contribution in [3.63, 3.8) is 0 Å². The maximum atomic E-state index is 10.8. The molecule has 124 valence electrons. The number of ether oxygens (including phenoxy) is 2. The second-order valence-corrected chi connectivity index (χ2v) is 4.73. The summed E-state index contributed by atoms with van der Waals surface area (Å²) in [4.78, 5) is 15.0. The van der Waals surface area contributed by atoms with E-state index in [2.05, 4.69) is 16.8 Å². The second-order valence-electron chi connectivity index (χ2n) is 4.73. The normalized spacial score (nSPS) is 10.8. The van der Waals surface area contributed by atoms with Crippen LogP contribution in [0.4, 0.5) is 5.69 Å². The number of carbonyl (C=O) groups is 1. The lowest BCUT2D eigenvalue weighted by atomic mass is 10.1. The molecule has 24 heavy (non-hydrogen) atoms. The zero-order valence-corrected chi connectivity index (χ0v) is 13.7. The van der Waals surface area contributed by atoms with Crippen molar-refractivity contribution in [3.8, 4) is 11.6 Å². The molecule has 0 unspecified atom stereocenters. The average molecular weight is 325 g/mol. The lowest BCUT2D eigenvalue weighted by Gasteiger charge is -2.22. The van der Waals surface area contributed by atoms with Crippen LogP contribution in [0.3, 0.4) is 0 Å². The summed E-state index contributed by atoms with van der Waals surface area (Å²) in [6.45, 7) is 3.63. The summed E-state index contributed by atoms with van der Waals surface area (Å²) in [5, 5.41) is 5.70. The minimum atomic E-state index is 0.261. The third-order valence-electron chi connectivity index (χ3n) is 3.34. The van der Waals surface area contributed by atoms with Crippen LogP contribution in [0.25, 0.3) is 5.70 Å². The van der Waals surface area contributed by atoms with Gasteiger partial charge in [0.2, 0.25) is 5.88 Å². The van der Waals surface area contributed by atoms with Crippen LogP contribution in [-0.2, 0) is 4.79 Å². The minimum absolute atomic E-state index is 0.261. The lowest BCUT2D eigenvalue weighted by Crippen LogP contribution is -2.14. The van der Waals surface area contributed by atoms with E-state index >= 15 is 0 Å². The predicted molar refractivity (Wildman–Crippen MR) is 94.5 cm³/mol. The van der Waals surface area contributed by atoms with E-state index in [0.717, 1.165) is 23.3 Å². The Labute approximate surface area is 141 Å². The minimum Gasteiger partial charge on any atom is -0.497 e. The number of rotatable bonds is 8. The van der Waals surface area contributed by atoms with Gasteiger partial charge in [0.15, 0.2) is 0 Å². The number of aldehydes is 1. The molecular weight excluding hydrogens is 306 g/mol. The fourth-order valence-electron chi connectivity index (χ4n) is 2.16. The van der Waals surface area contributed by atoms with Crippen molar-refractivity contribution < 1.29 is 14.3 Å². The molecule has 1 aromatic carbocycles. The van der Waals surface area contributed by atoms with Crippen LogP contribution in [-0.4, -0.2) is 32.2 Å². The number of anilines is 1. The molecule has 0 amide bonds. The highest BCUT2D eigenvalue weighted by molar-refractivity contribution is 5.80. The highest BCUT2D eigenvalue weighted by Gasteiger charge is 2.13. The van der Waals surface area contributed by atoms with Gasteiger partial charge in [0.25, 0.3) is 0 Å². The Morgan fingerprint density at radius 2 is 1.96 bits per heavy atom. The number of allylic oxidation sites excluding steroid dienone is 1. The zero-order valence-electron chi connectivity index (χ0n) is 13.7. The Morgan fingerprint density at radius 3 is 2.46 bits per heavy atom. The molecule has 1 aromatic heterocycles. The molecule has 0 aliphatic heterocycles. The van der Waals surface area contributed by atoms with Gasteiger partial charge in [-0.2, -0.15) is 5.10 Å². The first kappa shape index (κ1) is 17.2. The van der Waals surface area contributed by atoms with Gasteiger partial charge in [0, 0.05) is 24.8 Å². The van der Waals surface area contributed by atoms with Gasteiger partial charge < -0.3 is 14.3 Å². The van der Waals surface area contributed by atoms with Crippen LogP contribution in [0.2, 0.25) is 0 Å². The van der Waals surface area contributed by atoms with E-state index < -0.39 is 0 Å². The Morgan fingerprint density at radius 1 is 1.21 bits per heavy atom. The summed E-state index contributed by atoms with van der Waals surface area (Å²) in [5.41, 5.74) is 2.31. The summed E-state index contributed by atoms with van der Waals surface area (Å²) < 4.78 is 10.2. The SMILES string of the molecule is C=NN(/C(=C\CC=O)c1ccc(OC)cc1)c1ccc(OC)nc1. The molecule has 2 aromatic rings. The van der Waals surface area contributed by atoms with E-state index in [4.69, 9.17) is 9.47 Å². The first-order valence-electron chi connectivity index (χ1n) is 7.28. The molecule has 0 radical (unpaired) electrons. The molecule has 0 atom stereocenters. The standard InChI is InChI=1S/C18H19N3O3/c1-19-21(15-8-11-18(24-3)20-13-15)17(5-4-12-22)14-6-9-16(23-2)10-7-14/h5-13H,1,4H2,2-3H3/b17-5-. The molecule has 0 spiro atoms. The Kier molecular flexibility index (Phi) is 6.08. The number of aromatic nitrogens is 1. The zero-order chi connectivity index (χ0) is 17.4. The van der Waals surface area contributed by atoms with Gasteiger partial charge in [-0.15, -0.1) is 0 Å². The van der Waals surface area contributed by atoms with Crippen LogP contribution >= 0.6 is 0 Å². The Hall–Kier alpha value is -3.15. The van der Waals surface area contributed by atoms with Gasteiger partial charge in [0.05, 0.1) is 31.8 Å². The molecule has 0 saturated heterocycles. The maximum Gasteiger partial charge on any atom is 0.213 e. The monoisotopic (exact) mass is 325 g/mol. The number of pyridine rings is 1. The predicted octanol–water partition coefficient (Wildman–Crippen LogP) is 3.15. The van der Waals surface area contributed by atoms with Crippen molar-refractivity contribution in [2.45, 2.75) is 6.42 Å². The van der Waals surface area contributed by atoms with Crippen LogP contribution < -0.4 is 14.5 Å². The van der Waals surface area contributed by atoms with E-state index in [1.165, 1.54) is 0 Å². The van der Waals surface area contributed by atoms with E-state index in [-0.39, 0.29) is 6.42 Å². The molecule has 0 aliphatic rings. The first-order valence-corrected chi connectivity index (χ1v) is 7.28. The Bertz CT molecular complexity index is 709. The van der Waals surface area contributed by atoms with E-state index in [0.29, 0.717) is 11.6 Å². The summed E-state index contributed by atoms with van der Waals surface area (Å²) in [6, 6.07) is 11.0. The number of carbonyl (C=O) groups excluding carboxylic acids is 1. The topological polar surface area (TPSA) is 64.0 Å². The van der Waals surface area contributed by atoms with Gasteiger partial charge >= 0.3 is 0 Å². The second kappa shape index (κ2) is 8.47. The molecule has 0 bridgehead atoms. The lowest BCUT2D eigenvalue weighted by molar-refractivity contribution is -0.107. The summed E-state index contributed by atoms with van der Waals surface area (Å²) in [6.07, 6.45) is 4.51. The van der Waals surface area contributed by atoms with Crippen LogP contribution in [0.5, 0.6) is 11.6 Å². The number of nitrogens with zero attached hydrogens (tertiary/aromatic N) is 3. The molecule has 6 nitrogen and oxygen atoms in total. The summed E-state index contributed by atoms with van der Waals surface area (Å²) >= 11 is 0. The van der Waals surface area contributed by atoms with Crippen molar-refractivity contribution in [2.24, 2.45) is 5.10 Å².